The number of benzene rings is 2. The number of amides is 3. The second-order valence-electron chi connectivity index (χ2n) is 6.48. The van der Waals surface area contributed by atoms with Crippen LogP contribution >= 0.6 is 0 Å². The van der Waals surface area contributed by atoms with E-state index in [4.69, 9.17) is 0 Å². The summed E-state index contributed by atoms with van der Waals surface area (Å²) in [5.41, 5.74) is 2.91. The molecule has 1 saturated heterocycles. The summed E-state index contributed by atoms with van der Waals surface area (Å²) in [7, 11) is 0. The van der Waals surface area contributed by atoms with Crippen molar-refractivity contribution >= 4 is 23.4 Å². The van der Waals surface area contributed by atoms with Gasteiger partial charge in [0, 0.05) is 38.5 Å². The first-order valence-electron chi connectivity index (χ1n) is 9.03. The Hall–Kier alpha value is -3.15. The van der Waals surface area contributed by atoms with Crippen LogP contribution in [0.4, 0.5) is 5.69 Å². The van der Waals surface area contributed by atoms with Gasteiger partial charge < -0.3 is 15.1 Å². The number of anilines is 1. The van der Waals surface area contributed by atoms with Gasteiger partial charge in [0.25, 0.3) is 0 Å². The van der Waals surface area contributed by atoms with E-state index in [1.807, 2.05) is 54.6 Å². The number of hydrogen-bond donors (Lipinski definition) is 1. The van der Waals surface area contributed by atoms with Crippen LogP contribution in [-0.4, -0.2) is 48.8 Å². The first kappa shape index (κ1) is 18.6. The zero-order chi connectivity index (χ0) is 19.2. The van der Waals surface area contributed by atoms with Crippen molar-refractivity contribution in [2.24, 2.45) is 0 Å². The van der Waals surface area contributed by atoms with Crippen LogP contribution in [0.1, 0.15) is 13.3 Å². The summed E-state index contributed by atoms with van der Waals surface area (Å²) >= 11 is 0. The van der Waals surface area contributed by atoms with Crippen LogP contribution in [0.3, 0.4) is 0 Å². The molecule has 0 radical (unpaired) electrons. The Labute approximate surface area is 158 Å². The van der Waals surface area contributed by atoms with Crippen LogP contribution in [0.25, 0.3) is 11.1 Å². The Morgan fingerprint density at radius 2 is 1.70 bits per heavy atom. The molecule has 0 aliphatic carbocycles. The highest BCUT2D eigenvalue weighted by atomic mass is 16.2. The second-order valence-corrected chi connectivity index (χ2v) is 6.48. The Morgan fingerprint density at radius 3 is 2.41 bits per heavy atom. The van der Waals surface area contributed by atoms with Gasteiger partial charge in [0.2, 0.25) is 17.7 Å². The number of para-hydroxylation sites is 1. The van der Waals surface area contributed by atoms with Crippen molar-refractivity contribution in [1.82, 2.24) is 10.2 Å². The molecule has 0 unspecified atom stereocenters. The highest BCUT2D eigenvalue weighted by molar-refractivity contribution is 6.01. The monoisotopic (exact) mass is 365 g/mol. The molecule has 27 heavy (non-hydrogen) atoms. The van der Waals surface area contributed by atoms with Crippen molar-refractivity contribution in [2.45, 2.75) is 13.3 Å². The number of carbonyl (C=O) groups is 3. The second kappa shape index (κ2) is 8.49. The van der Waals surface area contributed by atoms with Crippen LogP contribution in [0.5, 0.6) is 0 Å². The quantitative estimate of drug-likeness (QED) is 0.882. The van der Waals surface area contributed by atoms with Crippen LogP contribution in [-0.2, 0) is 14.4 Å². The molecule has 2 aromatic rings. The molecule has 0 atom stereocenters. The Bertz CT molecular complexity index is 836. The van der Waals surface area contributed by atoms with Gasteiger partial charge in [-0.2, -0.15) is 0 Å². The minimum absolute atomic E-state index is 0.0576. The highest BCUT2D eigenvalue weighted by Crippen LogP contribution is 2.31. The first-order chi connectivity index (χ1) is 13.1. The number of carbonyl (C=O) groups excluding carboxylic acids is 3. The fourth-order valence-corrected chi connectivity index (χ4v) is 3.22. The van der Waals surface area contributed by atoms with Crippen molar-refractivity contribution < 1.29 is 14.4 Å². The third-order valence-corrected chi connectivity index (χ3v) is 4.57. The maximum absolute atomic E-state index is 12.7. The van der Waals surface area contributed by atoms with E-state index in [0.29, 0.717) is 19.6 Å². The van der Waals surface area contributed by atoms with Crippen molar-refractivity contribution in [3.8, 4) is 11.1 Å². The minimum Gasteiger partial charge on any atom is -0.356 e. The minimum atomic E-state index is -0.166. The summed E-state index contributed by atoms with van der Waals surface area (Å²) in [5.74, 6) is -0.383. The molecular formula is C21H23N3O3. The summed E-state index contributed by atoms with van der Waals surface area (Å²) in [6, 6.07) is 17.8. The highest BCUT2D eigenvalue weighted by Gasteiger charge is 2.29. The standard InChI is InChI=1S/C21H23N3O3/c1-16(25)22-12-11-20(26)23-13-14-24(21(27)15-23)19-10-6-5-9-18(19)17-7-3-2-4-8-17/h2-10H,11-15H2,1H3,(H,22,25). The average molecular weight is 365 g/mol. The first-order valence-corrected chi connectivity index (χ1v) is 9.03. The Kier molecular flexibility index (Phi) is 5.86. The van der Waals surface area contributed by atoms with Gasteiger partial charge in [0.05, 0.1) is 5.69 Å². The number of rotatable bonds is 5. The van der Waals surface area contributed by atoms with E-state index in [1.54, 1.807) is 9.80 Å². The lowest BCUT2D eigenvalue weighted by Gasteiger charge is -2.35. The number of nitrogens with one attached hydrogen (secondary N) is 1. The molecule has 1 aliphatic rings. The number of nitrogens with zero attached hydrogens (tertiary/aromatic N) is 2. The lowest BCUT2D eigenvalue weighted by atomic mass is 10.0. The van der Waals surface area contributed by atoms with E-state index < -0.39 is 0 Å². The van der Waals surface area contributed by atoms with E-state index >= 15 is 0 Å². The van der Waals surface area contributed by atoms with Gasteiger partial charge in [0.15, 0.2) is 0 Å². The fraction of sp³-hybridized carbons (Fsp3) is 0.286. The van der Waals surface area contributed by atoms with E-state index in [9.17, 15) is 14.4 Å². The molecule has 2 aromatic carbocycles. The summed E-state index contributed by atoms with van der Waals surface area (Å²) in [6.07, 6.45) is 0.202. The van der Waals surface area contributed by atoms with E-state index in [1.165, 1.54) is 6.92 Å². The molecule has 1 N–H and O–H groups in total. The molecule has 0 bridgehead atoms. The van der Waals surface area contributed by atoms with Gasteiger partial charge in [-0.1, -0.05) is 48.5 Å². The van der Waals surface area contributed by atoms with Crippen LogP contribution < -0.4 is 10.2 Å². The molecule has 0 saturated carbocycles. The molecule has 6 nitrogen and oxygen atoms in total. The molecule has 6 heteroatoms. The zero-order valence-electron chi connectivity index (χ0n) is 15.4. The Balaban J connectivity index is 1.70. The zero-order valence-corrected chi connectivity index (χ0v) is 15.4. The molecule has 1 aliphatic heterocycles. The number of hydrogen-bond acceptors (Lipinski definition) is 3. The Morgan fingerprint density at radius 1 is 1.00 bits per heavy atom. The van der Waals surface area contributed by atoms with Crippen molar-refractivity contribution in [3.63, 3.8) is 0 Å². The van der Waals surface area contributed by atoms with Crippen molar-refractivity contribution in [3.05, 3.63) is 54.6 Å². The van der Waals surface area contributed by atoms with Crippen LogP contribution in [0.2, 0.25) is 0 Å². The number of piperazine rings is 1. The van der Waals surface area contributed by atoms with Gasteiger partial charge in [-0.05, 0) is 11.6 Å². The predicted molar refractivity (Wildman–Crippen MR) is 104 cm³/mol. The lowest BCUT2D eigenvalue weighted by molar-refractivity contribution is -0.136. The van der Waals surface area contributed by atoms with Gasteiger partial charge in [-0.3, -0.25) is 14.4 Å². The smallest absolute Gasteiger partial charge is 0.246 e. The van der Waals surface area contributed by atoms with Crippen molar-refractivity contribution in [2.75, 3.05) is 31.1 Å². The molecule has 0 spiro atoms. The molecule has 1 fully saturated rings. The summed E-state index contributed by atoms with van der Waals surface area (Å²) < 4.78 is 0. The summed E-state index contributed by atoms with van der Waals surface area (Å²) in [5, 5.41) is 2.61. The third kappa shape index (κ3) is 4.53. The topological polar surface area (TPSA) is 69.7 Å². The van der Waals surface area contributed by atoms with Gasteiger partial charge >= 0.3 is 0 Å². The summed E-state index contributed by atoms with van der Waals surface area (Å²) in [4.78, 5) is 39.2. The largest absolute Gasteiger partial charge is 0.356 e. The van der Waals surface area contributed by atoms with E-state index in [0.717, 1.165) is 16.8 Å². The van der Waals surface area contributed by atoms with Crippen LogP contribution in [0, 0.1) is 0 Å². The maximum Gasteiger partial charge on any atom is 0.246 e. The average Bonchev–Trinajstić information content (AvgIpc) is 2.68. The molecule has 3 amide bonds. The lowest BCUT2D eigenvalue weighted by Crippen LogP contribution is -2.52. The van der Waals surface area contributed by atoms with Gasteiger partial charge in [-0.25, -0.2) is 0 Å². The molecule has 0 aromatic heterocycles. The summed E-state index contributed by atoms with van der Waals surface area (Å²) in [6.45, 7) is 2.70. The normalized spacial score (nSPS) is 14.2. The van der Waals surface area contributed by atoms with Gasteiger partial charge in [-0.15, -0.1) is 0 Å². The maximum atomic E-state index is 12.7. The predicted octanol–water partition coefficient (Wildman–Crippen LogP) is 2.05. The van der Waals surface area contributed by atoms with Gasteiger partial charge in [0.1, 0.15) is 6.54 Å². The third-order valence-electron chi connectivity index (χ3n) is 4.57. The SMILES string of the molecule is CC(=O)NCCC(=O)N1CCN(c2ccccc2-c2ccccc2)C(=O)C1. The van der Waals surface area contributed by atoms with E-state index in [2.05, 4.69) is 5.32 Å². The molecular weight excluding hydrogens is 342 g/mol. The molecule has 1 heterocycles. The molecule has 3 rings (SSSR count). The van der Waals surface area contributed by atoms with Crippen molar-refractivity contribution in [1.29, 1.82) is 0 Å². The fourth-order valence-electron chi connectivity index (χ4n) is 3.22. The van der Waals surface area contributed by atoms with E-state index in [-0.39, 0.29) is 30.7 Å². The molecule has 140 valence electrons. The van der Waals surface area contributed by atoms with Crippen LogP contribution in [0.15, 0.2) is 54.6 Å².